The Balaban J connectivity index is 1.03. The molecule has 2 nitrogen and oxygen atoms in total. The lowest BCUT2D eigenvalue weighted by Crippen LogP contribution is -2.10. The van der Waals surface area contributed by atoms with Crippen LogP contribution in [0.2, 0.25) is 0 Å². The molecule has 0 aliphatic heterocycles. The number of anilines is 3. The van der Waals surface area contributed by atoms with Crippen molar-refractivity contribution in [2.24, 2.45) is 0 Å². The van der Waals surface area contributed by atoms with Crippen LogP contribution in [0.25, 0.3) is 93.5 Å². The lowest BCUT2D eigenvalue weighted by molar-refractivity contribution is 1.19. The van der Waals surface area contributed by atoms with E-state index in [4.69, 9.17) is 0 Å². The summed E-state index contributed by atoms with van der Waals surface area (Å²) in [5.74, 6) is 0. The maximum atomic E-state index is 2.48. The maximum absolute atomic E-state index is 2.48. The van der Waals surface area contributed by atoms with Crippen molar-refractivity contribution >= 4 is 60.4 Å². The number of benzene rings is 11. The number of nitrogens with zero attached hydrogens (tertiary/aromatic N) is 2. The minimum Gasteiger partial charge on any atom is -0.310 e. The summed E-state index contributed by atoms with van der Waals surface area (Å²) in [4.78, 5) is 2.39. The smallest absolute Gasteiger partial charge is 0.0619 e. The Bertz CT molecular complexity index is 3660. The van der Waals surface area contributed by atoms with E-state index in [1.807, 2.05) is 0 Å². The van der Waals surface area contributed by atoms with E-state index in [1.165, 1.54) is 76.7 Å². The number of rotatable bonds is 8. The molecule has 12 aromatic rings. The van der Waals surface area contributed by atoms with E-state index < -0.39 is 0 Å². The fourth-order valence-electron chi connectivity index (χ4n) is 9.60. The molecule has 0 amide bonds. The largest absolute Gasteiger partial charge is 0.310 e. The minimum absolute atomic E-state index is 1.08. The summed E-state index contributed by atoms with van der Waals surface area (Å²) in [6, 6.07) is 92.8. The number of aromatic nitrogens is 1. The van der Waals surface area contributed by atoms with Gasteiger partial charge in [0.25, 0.3) is 0 Å². The summed E-state index contributed by atoms with van der Waals surface area (Å²) >= 11 is 0. The van der Waals surface area contributed by atoms with Gasteiger partial charge >= 0.3 is 0 Å². The predicted octanol–water partition coefficient (Wildman–Crippen LogP) is 17.2. The Morgan fingerprint density at radius 2 is 0.750 bits per heavy atom. The van der Waals surface area contributed by atoms with E-state index in [1.54, 1.807) is 0 Å². The Kier molecular flexibility index (Phi) is 9.20. The molecule has 2 heteroatoms. The van der Waals surface area contributed by atoms with E-state index in [0.717, 1.165) is 33.9 Å². The average molecular weight is 815 g/mol. The first kappa shape index (κ1) is 37.3. The molecule has 1 heterocycles. The summed E-state index contributed by atoms with van der Waals surface area (Å²) in [5.41, 5.74) is 16.2. The molecular formula is C62H42N2. The van der Waals surface area contributed by atoms with E-state index in [2.05, 4.69) is 264 Å². The highest BCUT2D eigenvalue weighted by atomic mass is 15.1. The Morgan fingerprint density at radius 3 is 1.47 bits per heavy atom. The van der Waals surface area contributed by atoms with Crippen LogP contribution in [0.3, 0.4) is 0 Å². The number of fused-ring (bicyclic) bond motifs is 6. The molecule has 1 aromatic heterocycles. The molecule has 300 valence electrons. The Labute approximate surface area is 373 Å². The zero-order valence-electron chi connectivity index (χ0n) is 35.1. The third-order valence-electron chi connectivity index (χ3n) is 12.7. The molecule has 0 spiro atoms. The standard InChI is InChI=1S/C62H42N2/c1-3-15-43(16-4-1)49-22-13-24-55(39-49)63(54-34-31-46(32-35-54)51-30-29-45-19-7-8-21-48(45)37-51)56-25-14-23-50(40-56)53-38-52(44-17-5-2-6-18-44)41-57(42-53)64-61-28-12-11-27-59(61)60-36-33-47-20-9-10-26-58(47)62(60)64/h1-42H. The Hall–Kier alpha value is -8.46. The van der Waals surface area contributed by atoms with Gasteiger partial charge in [-0.25, -0.2) is 0 Å². The summed E-state index contributed by atoms with van der Waals surface area (Å²) < 4.78 is 2.48. The van der Waals surface area contributed by atoms with Crippen LogP contribution in [-0.2, 0) is 0 Å². The van der Waals surface area contributed by atoms with E-state index in [-0.39, 0.29) is 0 Å². The van der Waals surface area contributed by atoms with Crippen molar-refractivity contribution in [2.75, 3.05) is 4.90 Å². The van der Waals surface area contributed by atoms with Crippen molar-refractivity contribution in [2.45, 2.75) is 0 Å². The highest BCUT2D eigenvalue weighted by Crippen LogP contribution is 2.42. The lowest BCUT2D eigenvalue weighted by Gasteiger charge is -2.27. The second-order valence-electron chi connectivity index (χ2n) is 16.6. The van der Waals surface area contributed by atoms with Crippen LogP contribution in [-0.4, -0.2) is 4.57 Å². The molecule has 0 atom stereocenters. The molecule has 0 saturated carbocycles. The first-order valence-corrected chi connectivity index (χ1v) is 22.0. The number of hydrogen-bond donors (Lipinski definition) is 0. The summed E-state index contributed by atoms with van der Waals surface area (Å²) in [5, 5.41) is 7.46. The van der Waals surface area contributed by atoms with Crippen LogP contribution in [0, 0.1) is 0 Å². The van der Waals surface area contributed by atoms with E-state index >= 15 is 0 Å². The van der Waals surface area contributed by atoms with Gasteiger partial charge in [-0.3, -0.25) is 0 Å². The van der Waals surface area contributed by atoms with Crippen molar-refractivity contribution in [1.29, 1.82) is 0 Å². The first-order chi connectivity index (χ1) is 31.7. The molecule has 0 N–H and O–H groups in total. The molecule has 0 saturated heterocycles. The summed E-state index contributed by atoms with van der Waals surface area (Å²) in [7, 11) is 0. The minimum atomic E-state index is 1.08. The fourth-order valence-corrected chi connectivity index (χ4v) is 9.60. The highest BCUT2D eigenvalue weighted by molar-refractivity contribution is 6.18. The molecule has 12 rings (SSSR count). The van der Waals surface area contributed by atoms with Gasteiger partial charge in [0.15, 0.2) is 0 Å². The van der Waals surface area contributed by atoms with Gasteiger partial charge in [0.2, 0.25) is 0 Å². The Morgan fingerprint density at radius 1 is 0.250 bits per heavy atom. The van der Waals surface area contributed by atoms with Gasteiger partial charge in [-0.05, 0) is 127 Å². The SMILES string of the molecule is c1ccc(-c2cccc(N(c3ccc(-c4ccc5ccccc5c4)cc3)c3cccc(-c4cc(-c5ccccc5)cc(-n5c6ccccc6c6ccc7ccccc7c65)c4)c3)c2)cc1. The molecule has 0 radical (unpaired) electrons. The van der Waals surface area contributed by atoms with Gasteiger partial charge < -0.3 is 9.47 Å². The average Bonchev–Trinajstić information content (AvgIpc) is 3.72. The van der Waals surface area contributed by atoms with Crippen molar-refractivity contribution in [1.82, 2.24) is 4.57 Å². The van der Waals surface area contributed by atoms with Crippen LogP contribution in [0.1, 0.15) is 0 Å². The fraction of sp³-hybridized carbons (Fsp3) is 0. The number of para-hydroxylation sites is 1. The van der Waals surface area contributed by atoms with Gasteiger partial charge in [-0.15, -0.1) is 0 Å². The van der Waals surface area contributed by atoms with E-state index in [0.29, 0.717) is 0 Å². The third-order valence-corrected chi connectivity index (χ3v) is 12.7. The van der Waals surface area contributed by atoms with Crippen LogP contribution in [0.4, 0.5) is 17.1 Å². The predicted molar refractivity (Wildman–Crippen MR) is 272 cm³/mol. The number of hydrogen-bond acceptors (Lipinski definition) is 1. The van der Waals surface area contributed by atoms with Crippen LogP contribution >= 0.6 is 0 Å². The van der Waals surface area contributed by atoms with Gasteiger partial charge in [-0.1, -0.05) is 188 Å². The van der Waals surface area contributed by atoms with Gasteiger partial charge in [0.05, 0.1) is 11.0 Å². The zero-order chi connectivity index (χ0) is 42.4. The van der Waals surface area contributed by atoms with Gasteiger partial charge in [0.1, 0.15) is 0 Å². The molecule has 0 aliphatic carbocycles. The highest BCUT2D eigenvalue weighted by Gasteiger charge is 2.19. The van der Waals surface area contributed by atoms with Crippen molar-refractivity contribution in [3.63, 3.8) is 0 Å². The molecule has 11 aromatic carbocycles. The zero-order valence-corrected chi connectivity index (χ0v) is 35.1. The third kappa shape index (κ3) is 6.70. The normalized spacial score (nSPS) is 11.4. The second kappa shape index (κ2) is 15.8. The van der Waals surface area contributed by atoms with Crippen LogP contribution < -0.4 is 4.90 Å². The summed E-state index contributed by atoms with van der Waals surface area (Å²) in [6.45, 7) is 0. The maximum Gasteiger partial charge on any atom is 0.0619 e. The van der Waals surface area contributed by atoms with Crippen LogP contribution in [0.5, 0.6) is 0 Å². The molecule has 0 aliphatic rings. The van der Waals surface area contributed by atoms with Gasteiger partial charge in [-0.2, -0.15) is 0 Å². The second-order valence-corrected chi connectivity index (χ2v) is 16.6. The molecule has 0 bridgehead atoms. The topological polar surface area (TPSA) is 8.17 Å². The quantitative estimate of drug-likeness (QED) is 0.148. The lowest BCUT2D eigenvalue weighted by atomic mass is 9.97. The molecule has 0 unspecified atom stereocenters. The molecular weight excluding hydrogens is 773 g/mol. The van der Waals surface area contributed by atoms with Crippen molar-refractivity contribution in [3.8, 4) is 50.2 Å². The van der Waals surface area contributed by atoms with Crippen molar-refractivity contribution in [3.05, 3.63) is 255 Å². The van der Waals surface area contributed by atoms with Crippen LogP contribution in [0.15, 0.2) is 255 Å². The van der Waals surface area contributed by atoms with Crippen molar-refractivity contribution < 1.29 is 0 Å². The monoisotopic (exact) mass is 814 g/mol. The molecule has 64 heavy (non-hydrogen) atoms. The first-order valence-electron chi connectivity index (χ1n) is 22.0. The molecule has 0 fully saturated rings. The summed E-state index contributed by atoms with van der Waals surface area (Å²) in [6.07, 6.45) is 0. The van der Waals surface area contributed by atoms with E-state index in [9.17, 15) is 0 Å². The van der Waals surface area contributed by atoms with Gasteiger partial charge in [0, 0.05) is 38.9 Å².